The van der Waals surface area contributed by atoms with Crippen molar-refractivity contribution in [1.29, 1.82) is 0 Å². The number of fused-ring (bicyclic) bond motifs is 1. The Morgan fingerprint density at radius 3 is 3.09 bits per heavy atom. The van der Waals surface area contributed by atoms with E-state index in [1.165, 1.54) is 4.52 Å². The second kappa shape index (κ2) is 2.24. The molecule has 2 radical (unpaired) electrons. The summed E-state index contributed by atoms with van der Waals surface area (Å²) in [7, 11) is 5.43. The fraction of sp³-hybridized carbons (Fsp3) is 0. The van der Waals surface area contributed by atoms with Crippen molar-refractivity contribution in [2.75, 3.05) is 0 Å². The maximum absolute atomic E-state index is 5.78. The highest BCUT2D eigenvalue weighted by Crippen LogP contribution is 2.06. The van der Waals surface area contributed by atoms with Crippen molar-refractivity contribution >= 4 is 30.7 Å². The molecular formula is C6H3BClN3. The summed E-state index contributed by atoms with van der Waals surface area (Å²) in [6, 6.07) is 3.31. The van der Waals surface area contributed by atoms with Gasteiger partial charge in [0.25, 0.3) is 0 Å². The van der Waals surface area contributed by atoms with Crippen LogP contribution in [0.4, 0.5) is 0 Å². The van der Waals surface area contributed by atoms with Crippen molar-refractivity contribution in [2.24, 2.45) is 0 Å². The summed E-state index contributed by atoms with van der Waals surface area (Å²) in [4.78, 5) is 4.00. The first-order chi connectivity index (χ1) is 5.27. The molecule has 0 saturated carbocycles. The Morgan fingerprint density at radius 1 is 1.55 bits per heavy atom. The zero-order valence-electron chi connectivity index (χ0n) is 5.53. The van der Waals surface area contributed by atoms with Crippen LogP contribution in [0.1, 0.15) is 0 Å². The van der Waals surface area contributed by atoms with Crippen LogP contribution < -0.4 is 5.59 Å². The molecule has 3 nitrogen and oxygen atoms in total. The molecule has 0 aliphatic carbocycles. The van der Waals surface area contributed by atoms with Crippen LogP contribution in [-0.2, 0) is 0 Å². The lowest BCUT2D eigenvalue weighted by molar-refractivity contribution is 0.953. The molecule has 2 heterocycles. The smallest absolute Gasteiger partial charge is 0.155 e. The van der Waals surface area contributed by atoms with Crippen molar-refractivity contribution in [3.63, 3.8) is 0 Å². The summed E-state index contributed by atoms with van der Waals surface area (Å²) in [5.74, 6) is 0. The molecule has 52 valence electrons. The molecule has 0 spiro atoms. The van der Waals surface area contributed by atoms with Crippen molar-refractivity contribution < 1.29 is 0 Å². The molecule has 5 heteroatoms. The monoisotopic (exact) mass is 163 g/mol. The molecule has 0 bridgehead atoms. The molecule has 0 aliphatic rings. The lowest BCUT2D eigenvalue weighted by Crippen LogP contribution is -2.03. The summed E-state index contributed by atoms with van der Waals surface area (Å²) >= 11 is 5.78. The van der Waals surface area contributed by atoms with Gasteiger partial charge in [-0.1, -0.05) is 11.6 Å². The number of hydrogen-bond acceptors (Lipinski definition) is 2. The lowest BCUT2D eigenvalue weighted by atomic mass is 10.1. The molecule has 0 saturated heterocycles. The molecule has 2 aromatic rings. The SMILES string of the molecule is [B]c1cc2nccc(Cl)n2n1. The van der Waals surface area contributed by atoms with E-state index < -0.39 is 0 Å². The van der Waals surface area contributed by atoms with Gasteiger partial charge < -0.3 is 0 Å². The Labute approximate surface area is 69.4 Å². The topological polar surface area (TPSA) is 30.2 Å². The Kier molecular flexibility index (Phi) is 1.36. The van der Waals surface area contributed by atoms with Crippen molar-refractivity contribution in [3.05, 3.63) is 23.5 Å². The van der Waals surface area contributed by atoms with E-state index in [0.29, 0.717) is 16.4 Å². The summed E-state index contributed by atoms with van der Waals surface area (Å²) in [6.07, 6.45) is 1.61. The normalized spacial score (nSPS) is 10.6. The van der Waals surface area contributed by atoms with E-state index >= 15 is 0 Å². The van der Waals surface area contributed by atoms with Gasteiger partial charge in [0.2, 0.25) is 0 Å². The van der Waals surface area contributed by atoms with Crippen molar-refractivity contribution in [1.82, 2.24) is 14.6 Å². The first-order valence-corrected chi connectivity index (χ1v) is 3.41. The molecule has 11 heavy (non-hydrogen) atoms. The minimum atomic E-state index is 0.422. The number of nitrogens with zero attached hydrogens (tertiary/aromatic N) is 3. The van der Waals surface area contributed by atoms with Gasteiger partial charge >= 0.3 is 0 Å². The van der Waals surface area contributed by atoms with Gasteiger partial charge in [-0.2, -0.15) is 5.10 Å². The van der Waals surface area contributed by atoms with E-state index in [1.54, 1.807) is 18.3 Å². The Bertz CT molecular complexity index is 398. The van der Waals surface area contributed by atoms with E-state index in [1.807, 2.05) is 0 Å². The number of hydrogen-bond donors (Lipinski definition) is 0. The van der Waals surface area contributed by atoms with Crippen LogP contribution in [0.15, 0.2) is 18.3 Å². The van der Waals surface area contributed by atoms with Crippen molar-refractivity contribution in [3.8, 4) is 0 Å². The van der Waals surface area contributed by atoms with Crippen LogP contribution in [-0.4, -0.2) is 22.4 Å². The van der Waals surface area contributed by atoms with E-state index in [-0.39, 0.29) is 0 Å². The third-order valence-corrected chi connectivity index (χ3v) is 1.62. The average molecular weight is 163 g/mol. The fourth-order valence-electron chi connectivity index (χ4n) is 0.884. The van der Waals surface area contributed by atoms with E-state index in [2.05, 4.69) is 10.1 Å². The molecule has 0 atom stereocenters. The molecule has 0 N–H and O–H groups in total. The maximum atomic E-state index is 5.78. The zero-order chi connectivity index (χ0) is 7.84. The number of rotatable bonds is 0. The summed E-state index contributed by atoms with van der Waals surface area (Å²) in [5.41, 5.74) is 1.08. The fourth-order valence-corrected chi connectivity index (χ4v) is 1.06. The quantitative estimate of drug-likeness (QED) is 0.410. The molecule has 0 amide bonds. The highest BCUT2D eigenvalue weighted by molar-refractivity contribution is 6.31. The van der Waals surface area contributed by atoms with Crippen LogP contribution in [0.2, 0.25) is 5.15 Å². The first-order valence-electron chi connectivity index (χ1n) is 3.03. The third kappa shape index (κ3) is 0.992. The van der Waals surface area contributed by atoms with Crippen molar-refractivity contribution in [2.45, 2.75) is 0 Å². The first kappa shape index (κ1) is 6.67. The molecule has 0 aliphatic heterocycles. The molecular weight excluding hydrogens is 160 g/mol. The maximum Gasteiger partial charge on any atom is 0.155 e. The van der Waals surface area contributed by atoms with Gasteiger partial charge in [-0.15, -0.1) is 0 Å². The van der Waals surface area contributed by atoms with E-state index in [9.17, 15) is 0 Å². The second-order valence-corrected chi connectivity index (χ2v) is 2.49. The molecule has 0 aromatic carbocycles. The second-order valence-electron chi connectivity index (χ2n) is 2.11. The highest BCUT2D eigenvalue weighted by Gasteiger charge is 1.99. The molecule has 2 rings (SSSR count). The Morgan fingerprint density at radius 2 is 2.36 bits per heavy atom. The molecule has 2 aromatic heterocycles. The Balaban J connectivity index is 2.90. The lowest BCUT2D eigenvalue weighted by Gasteiger charge is -1.92. The minimum Gasteiger partial charge on any atom is -0.237 e. The summed E-state index contributed by atoms with van der Waals surface area (Å²) in [6.45, 7) is 0. The van der Waals surface area contributed by atoms with Gasteiger partial charge in [0.05, 0.1) is 0 Å². The predicted octanol–water partition coefficient (Wildman–Crippen LogP) is 0.176. The summed E-state index contributed by atoms with van der Waals surface area (Å²) < 4.78 is 1.48. The van der Waals surface area contributed by atoms with Crippen LogP contribution in [0.5, 0.6) is 0 Å². The number of aromatic nitrogens is 3. The zero-order valence-corrected chi connectivity index (χ0v) is 6.28. The minimum absolute atomic E-state index is 0.422. The standard InChI is InChI=1S/C6H3BClN3/c7-4-3-6-9-2-1-5(8)11(6)10-4/h1-3H. The van der Waals surface area contributed by atoms with Gasteiger partial charge in [-0.25, -0.2) is 9.50 Å². The van der Waals surface area contributed by atoms with Crippen LogP contribution in [0.3, 0.4) is 0 Å². The third-order valence-electron chi connectivity index (χ3n) is 1.33. The molecule has 0 fully saturated rings. The van der Waals surface area contributed by atoms with Gasteiger partial charge in [-0.3, -0.25) is 0 Å². The van der Waals surface area contributed by atoms with Gasteiger partial charge in [0.1, 0.15) is 13.0 Å². The Hall–Kier alpha value is -1.03. The van der Waals surface area contributed by atoms with Crippen LogP contribution in [0.25, 0.3) is 5.65 Å². The van der Waals surface area contributed by atoms with Gasteiger partial charge in [0.15, 0.2) is 5.65 Å². The van der Waals surface area contributed by atoms with E-state index in [0.717, 1.165) is 0 Å². The predicted molar refractivity (Wildman–Crippen MR) is 43.4 cm³/mol. The molecule has 0 unspecified atom stereocenters. The average Bonchev–Trinajstić information content (AvgIpc) is 2.31. The van der Waals surface area contributed by atoms with Crippen LogP contribution in [0, 0.1) is 0 Å². The summed E-state index contributed by atoms with van der Waals surface area (Å²) in [5, 5.41) is 4.42. The van der Waals surface area contributed by atoms with Gasteiger partial charge in [0, 0.05) is 11.8 Å². The highest BCUT2D eigenvalue weighted by atomic mass is 35.5. The van der Waals surface area contributed by atoms with E-state index in [4.69, 9.17) is 19.4 Å². The number of halogens is 1. The van der Waals surface area contributed by atoms with Gasteiger partial charge in [-0.05, 0) is 12.1 Å². The van der Waals surface area contributed by atoms with Crippen LogP contribution >= 0.6 is 11.6 Å². The largest absolute Gasteiger partial charge is 0.237 e.